The molecule has 1 aliphatic heterocycles. The average molecular weight is 310 g/mol. The van der Waals surface area contributed by atoms with Gasteiger partial charge in [0.2, 0.25) is 5.91 Å². The molecule has 4 nitrogen and oxygen atoms in total. The van der Waals surface area contributed by atoms with E-state index in [2.05, 4.69) is 28.4 Å². The molecule has 1 amide bonds. The molecular formula is C19H22N2O2. The molecule has 0 bridgehead atoms. The van der Waals surface area contributed by atoms with E-state index in [0.717, 1.165) is 30.8 Å². The third-order valence-electron chi connectivity index (χ3n) is 4.35. The van der Waals surface area contributed by atoms with Crippen LogP contribution in [0.3, 0.4) is 0 Å². The van der Waals surface area contributed by atoms with Gasteiger partial charge in [0, 0.05) is 17.9 Å². The van der Waals surface area contributed by atoms with Crippen LogP contribution in [0.5, 0.6) is 5.75 Å². The van der Waals surface area contributed by atoms with Crippen molar-refractivity contribution in [1.29, 1.82) is 0 Å². The van der Waals surface area contributed by atoms with Crippen molar-refractivity contribution in [2.45, 2.75) is 25.8 Å². The van der Waals surface area contributed by atoms with Gasteiger partial charge in [-0.15, -0.1) is 0 Å². The van der Waals surface area contributed by atoms with Crippen LogP contribution in [0.25, 0.3) is 0 Å². The molecule has 0 spiro atoms. The number of hydrogen-bond acceptors (Lipinski definition) is 3. The van der Waals surface area contributed by atoms with Crippen LogP contribution in [-0.2, 0) is 11.2 Å². The maximum atomic E-state index is 12.6. The normalized spacial score (nSPS) is 14.8. The Kier molecular flexibility index (Phi) is 4.51. The van der Waals surface area contributed by atoms with Crippen molar-refractivity contribution in [3.63, 3.8) is 0 Å². The number of methoxy groups -OCH3 is 1. The number of para-hydroxylation sites is 1. The minimum absolute atomic E-state index is 0.00636. The number of hydrogen-bond donors (Lipinski definition) is 1. The fraction of sp³-hybridized carbons (Fsp3) is 0.316. The van der Waals surface area contributed by atoms with E-state index in [-0.39, 0.29) is 11.9 Å². The quantitative estimate of drug-likeness (QED) is 0.940. The van der Waals surface area contributed by atoms with Crippen molar-refractivity contribution in [3.05, 3.63) is 54.1 Å². The Hall–Kier alpha value is -2.49. The summed E-state index contributed by atoms with van der Waals surface area (Å²) in [5, 5.41) is 2.98. The molecule has 0 radical (unpaired) electrons. The summed E-state index contributed by atoms with van der Waals surface area (Å²) in [7, 11) is 1.63. The summed E-state index contributed by atoms with van der Waals surface area (Å²) in [5.74, 6) is 0.785. The Morgan fingerprint density at radius 3 is 2.65 bits per heavy atom. The van der Waals surface area contributed by atoms with E-state index >= 15 is 0 Å². The molecule has 2 aromatic rings. The molecule has 1 N–H and O–H groups in total. The largest absolute Gasteiger partial charge is 0.497 e. The molecule has 0 saturated heterocycles. The van der Waals surface area contributed by atoms with Crippen LogP contribution < -0.4 is 15.0 Å². The summed E-state index contributed by atoms with van der Waals surface area (Å²) in [5.41, 5.74) is 3.28. The van der Waals surface area contributed by atoms with Crippen molar-refractivity contribution < 1.29 is 9.53 Å². The Morgan fingerprint density at radius 2 is 1.91 bits per heavy atom. The topological polar surface area (TPSA) is 41.6 Å². The van der Waals surface area contributed by atoms with Crippen LogP contribution in [0.4, 0.5) is 11.4 Å². The lowest BCUT2D eigenvalue weighted by atomic mass is 10.00. The van der Waals surface area contributed by atoms with Crippen molar-refractivity contribution >= 4 is 17.3 Å². The highest BCUT2D eigenvalue weighted by atomic mass is 16.5. The van der Waals surface area contributed by atoms with Gasteiger partial charge < -0.3 is 15.0 Å². The smallest absolute Gasteiger partial charge is 0.246 e. The molecular weight excluding hydrogens is 288 g/mol. The van der Waals surface area contributed by atoms with E-state index in [1.807, 2.05) is 37.3 Å². The number of anilines is 2. The minimum atomic E-state index is -0.210. The number of carbonyl (C=O) groups is 1. The van der Waals surface area contributed by atoms with E-state index in [9.17, 15) is 4.79 Å². The molecule has 0 saturated carbocycles. The zero-order chi connectivity index (χ0) is 16.2. The van der Waals surface area contributed by atoms with Gasteiger partial charge in [-0.2, -0.15) is 0 Å². The predicted octanol–water partition coefficient (Wildman–Crippen LogP) is 3.48. The van der Waals surface area contributed by atoms with Gasteiger partial charge in [-0.25, -0.2) is 0 Å². The van der Waals surface area contributed by atoms with E-state index in [0.29, 0.717) is 0 Å². The van der Waals surface area contributed by atoms with Gasteiger partial charge in [-0.05, 0) is 55.7 Å². The Balaban J connectivity index is 1.72. The van der Waals surface area contributed by atoms with E-state index in [4.69, 9.17) is 4.74 Å². The van der Waals surface area contributed by atoms with Crippen LogP contribution in [0.15, 0.2) is 48.5 Å². The lowest BCUT2D eigenvalue weighted by Gasteiger charge is -2.35. The maximum Gasteiger partial charge on any atom is 0.246 e. The van der Waals surface area contributed by atoms with E-state index in [1.165, 1.54) is 11.3 Å². The Bertz CT molecular complexity index is 682. The van der Waals surface area contributed by atoms with Gasteiger partial charge in [-0.3, -0.25) is 4.79 Å². The third-order valence-corrected chi connectivity index (χ3v) is 4.35. The monoisotopic (exact) mass is 310 g/mol. The first-order chi connectivity index (χ1) is 11.2. The van der Waals surface area contributed by atoms with Gasteiger partial charge in [0.1, 0.15) is 11.8 Å². The van der Waals surface area contributed by atoms with Gasteiger partial charge in [-0.1, -0.05) is 18.2 Å². The molecule has 0 aliphatic carbocycles. The lowest BCUT2D eigenvalue weighted by Crippen LogP contribution is -2.44. The Labute approximate surface area is 137 Å². The summed E-state index contributed by atoms with van der Waals surface area (Å²) in [4.78, 5) is 14.8. The number of ether oxygens (including phenoxy) is 1. The van der Waals surface area contributed by atoms with Crippen LogP contribution >= 0.6 is 0 Å². The zero-order valence-electron chi connectivity index (χ0n) is 13.6. The fourth-order valence-electron chi connectivity index (χ4n) is 3.03. The fourth-order valence-corrected chi connectivity index (χ4v) is 3.03. The summed E-state index contributed by atoms with van der Waals surface area (Å²) in [6, 6.07) is 15.5. The van der Waals surface area contributed by atoms with Gasteiger partial charge in [0.05, 0.1) is 7.11 Å². The molecule has 120 valence electrons. The van der Waals surface area contributed by atoms with Gasteiger partial charge in [0.25, 0.3) is 0 Å². The summed E-state index contributed by atoms with van der Waals surface area (Å²) in [6.07, 6.45) is 2.16. The van der Waals surface area contributed by atoms with Crippen molar-refractivity contribution in [2.24, 2.45) is 0 Å². The van der Waals surface area contributed by atoms with Crippen LogP contribution in [0.2, 0.25) is 0 Å². The second kappa shape index (κ2) is 6.73. The second-order valence-electron chi connectivity index (χ2n) is 5.82. The van der Waals surface area contributed by atoms with Crippen LogP contribution in [0, 0.1) is 0 Å². The predicted molar refractivity (Wildman–Crippen MR) is 93.2 cm³/mol. The van der Waals surface area contributed by atoms with Crippen molar-refractivity contribution in [3.8, 4) is 5.75 Å². The van der Waals surface area contributed by atoms with Gasteiger partial charge >= 0.3 is 0 Å². The van der Waals surface area contributed by atoms with Crippen LogP contribution in [-0.4, -0.2) is 25.6 Å². The number of carbonyl (C=O) groups excluding carboxylic acids is 1. The standard InChI is InChI=1S/C19H22N2O2/c1-14(19(22)20-16-9-11-17(23-2)12-10-16)21-13-5-7-15-6-3-4-8-18(15)21/h3-4,6,8-12,14H,5,7,13H2,1-2H3,(H,20,22). The Morgan fingerprint density at radius 1 is 1.17 bits per heavy atom. The van der Waals surface area contributed by atoms with Crippen LogP contribution in [0.1, 0.15) is 18.9 Å². The molecule has 3 rings (SSSR count). The third kappa shape index (κ3) is 3.31. The van der Waals surface area contributed by atoms with E-state index < -0.39 is 0 Å². The molecule has 0 aromatic heterocycles. The maximum absolute atomic E-state index is 12.6. The second-order valence-corrected chi connectivity index (χ2v) is 5.82. The van der Waals surface area contributed by atoms with Crippen molar-refractivity contribution in [1.82, 2.24) is 0 Å². The molecule has 1 atom stereocenters. The molecule has 1 heterocycles. The van der Waals surface area contributed by atoms with E-state index in [1.54, 1.807) is 7.11 Å². The molecule has 1 aliphatic rings. The molecule has 1 unspecified atom stereocenters. The molecule has 23 heavy (non-hydrogen) atoms. The number of amides is 1. The zero-order valence-corrected chi connectivity index (χ0v) is 13.6. The molecule has 4 heteroatoms. The highest BCUT2D eigenvalue weighted by Gasteiger charge is 2.25. The summed E-state index contributed by atoms with van der Waals surface area (Å²) >= 11 is 0. The lowest BCUT2D eigenvalue weighted by molar-refractivity contribution is -0.117. The first kappa shape index (κ1) is 15.4. The molecule has 0 fully saturated rings. The first-order valence-electron chi connectivity index (χ1n) is 7.98. The highest BCUT2D eigenvalue weighted by Crippen LogP contribution is 2.28. The first-order valence-corrected chi connectivity index (χ1v) is 7.98. The number of benzene rings is 2. The number of rotatable bonds is 4. The summed E-state index contributed by atoms with van der Waals surface area (Å²) < 4.78 is 5.13. The number of aryl methyl sites for hydroxylation is 1. The van der Waals surface area contributed by atoms with Gasteiger partial charge in [0.15, 0.2) is 0 Å². The summed E-state index contributed by atoms with van der Waals surface area (Å²) in [6.45, 7) is 2.87. The highest BCUT2D eigenvalue weighted by molar-refractivity contribution is 5.96. The SMILES string of the molecule is COc1ccc(NC(=O)C(C)N2CCCc3ccccc32)cc1. The molecule has 2 aromatic carbocycles. The minimum Gasteiger partial charge on any atom is -0.497 e. The number of fused-ring (bicyclic) bond motifs is 1. The number of nitrogens with zero attached hydrogens (tertiary/aromatic N) is 1. The average Bonchev–Trinajstić information content (AvgIpc) is 2.61. The number of nitrogens with one attached hydrogen (secondary N) is 1. The van der Waals surface area contributed by atoms with Crippen molar-refractivity contribution in [2.75, 3.05) is 23.9 Å².